The van der Waals surface area contributed by atoms with Crippen LogP contribution in [0.25, 0.3) is 0 Å². The Labute approximate surface area is 88.1 Å². The molecule has 0 unspecified atom stereocenters. The van der Waals surface area contributed by atoms with Gasteiger partial charge in [-0.1, -0.05) is 26.7 Å². The van der Waals surface area contributed by atoms with E-state index in [0.717, 1.165) is 6.07 Å². The number of halogens is 3. The lowest BCUT2D eigenvalue weighted by Crippen LogP contribution is -2.03. The zero-order valence-corrected chi connectivity index (χ0v) is 9.04. The molecule has 0 radical (unpaired) electrons. The molecule has 1 aromatic rings. The molecule has 0 amide bonds. The second-order valence-corrected chi connectivity index (χ2v) is 3.62. The van der Waals surface area contributed by atoms with Gasteiger partial charge in [-0.15, -0.1) is 0 Å². The van der Waals surface area contributed by atoms with E-state index >= 15 is 0 Å². The normalized spacial score (nSPS) is 10.7. The predicted molar refractivity (Wildman–Crippen MR) is 54.3 cm³/mol. The van der Waals surface area contributed by atoms with Crippen molar-refractivity contribution in [2.24, 2.45) is 0 Å². The van der Waals surface area contributed by atoms with Crippen molar-refractivity contribution in [2.45, 2.75) is 39.5 Å². The summed E-state index contributed by atoms with van der Waals surface area (Å²) in [5.74, 6) is -2.53. The Morgan fingerprint density at radius 1 is 0.933 bits per heavy atom. The molecule has 0 N–H and O–H groups in total. The van der Waals surface area contributed by atoms with Gasteiger partial charge in [-0.05, 0) is 24.5 Å². The van der Waals surface area contributed by atoms with Crippen LogP contribution in [0.15, 0.2) is 6.07 Å². The molecule has 0 saturated carbocycles. The monoisotopic (exact) mass is 216 g/mol. The van der Waals surface area contributed by atoms with Crippen LogP contribution >= 0.6 is 0 Å². The second-order valence-electron chi connectivity index (χ2n) is 3.62. The fraction of sp³-hybridized carbons (Fsp3) is 0.500. The first-order valence-corrected chi connectivity index (χ1v) is 5.27. The summed E-state index contributed by atoms with van der Waals surface area (Å²) in [5, 5.41) is 0. The van der Waals surface area contributed by atoms with E-state index in [1.807, 2.05) is 6.92 Å². The molecule has 0 aromatic heterocycles. The third kappa shape index (κ3) is 2.52. The highest BCUT2D eigenvalue weighted by Crippen LogP contribution is 2.22. The van der Waals surface area contributed by atoms with Crippen LogP contribution in [0, 0.1) is 17.5 Å². The fourth-order valence-corrected chi connectivity index (χ4v) is 1.61. The average molecular weight is 216 g/mol. The maximum absolute atomic E-state index is 13.4. The Morgan fingerprint density at radius 2 is 1.53 bits per heavy atom. The van der Waals surface area contributed by atoms with Crippen LogP contribution in [0.4, 0.5) is 13.2 Å². The Kier molecular flexibility index (Phi) is 4.18. The molecule has 0 nitrogen and oxygen atoms in total. The maximum atomic E-state index is 13.4. The fourth-order valence-electron chi connectivity index (χ4n) is 1.61. The van der Waals surface area contributed by atoms with E-state index in [9.17, 15) is 13.2 Å². The largest absolute Gasteiger partial charge is 0.207 e. The van der Waals surface area contributed by atoms with Crippen molar-refractivity contribution < 1.29 is 13.2 Å². The minimum absolute atomic E-state index is 0.130. The van der Waals surface area contributed by atoms with Crippen molar-refractivity contribution in [3.8, 4) is 0 Å². The highest BCUT2D eigenvalue weighted by molar-refractivity contribution is 5.28. The Morgan fingerprint density at radius 3 is 2.07 bits per heavy atom. The summed E-state index contributed by atoms with van der Waals surface area (Å²) < 4.78 is 40.2. The first-order valence-electron chi connectivity index (χ1n) is 5.27. The average Bonchev–Trinajstić information content (AvgIpc) is 2.21. The predicted octanol–water partition coefficient (Wildman–Crippen LogP) is 4.01. The molecule has 0 saturated heterocycles. The minimum atomic E-state index is -1.01. The second kappa shape index (κ2) is 5.19. The number of aryl methyl sites for hydroxylation is 1. The molecule has 0 bridgehead atoms. The summed E-state index contributed by atoms with van der Waals surface area (Å²) in [4.78, 5) is 0. The molecule has 1 rings (SSSR count). The van der Waals surface area contributed by atoms with Crippen LogP contribution in [0.2, 0.25) is 0 Å². The van der Waals surface area contributed by atoms with Gasteiger partial charge in [0.25, 0.3) is 0 Å². The van der Waals surface area contributed by atoms with Crippen molar-refractivity contribution in [1.82, 2.24) is 0 Å². The standard InChI is InChI=1S/C12H15F3/c1-3-5-8-7-10(13)9(6-4-2)12(15)11(8)14/h7H,3-6H2,1-2H3. The van der Waals surface area contributed by atoms with E-state index in [1.54, 1.807) is 6.92 Å². The van der Waals surface area contributed by atoms with Crippen molar-refractivity contribution >= 4 is 0 Å². The van der Waals surface area contributed by atoms with Crippen LogP contribution in [0.3, 0.4) is 0 Å². The number of hydrogen-bond donors (Lipinski definition) is 0. The topological polar surface area (TPSA) is 0 Å². The first kappa shape index (κ1) is 12.1. The SMILES string of the molecule is CCCc1cc(F)c(CCC)c(F)c1F. The molecular formula is C12H15F3. The highest BCUT2D eigenvalue weighted by atomic mass is 19.2. The van der Waals surface area contributed by atoms with Gasteiger partial charge in [-0.25, -0.2) is 13.2 Å². The third-order valence-electron chi connectivity index (χ3n) is 2.35. The highest BCUT2D eigenvalue weighted by Gasteiger charge is 2.17. The molecule has 0 spiro atoms. The van der Waals surface area contributed by atoms with Gasteiger partial charge in [0.05, 0.1) is 0 Å². The molecule has 0 aliphatic heterocycles. The van der Waals surface area contributed by atoms with Gasteiger partial charge in [0.15, 0.2) is 11.6 Å². The van der Waals surface area contributed by atoms with Gasteiger partial charge < -0.3 is 0 Å². The van der Waals surface area contributed by atoms with E-state index in [-0.39, 0.29) is 17.5 Å². The molecule has 3 heteroatoms. The van der Waals surface area contributed by atoms with Crippen LogP contribution < -0.4 is 0 Å². The first-order chi connectivity index (χ1) is 7.11. The Balaban J connectivity index is 3.18. The Hall–Kier alpha value is -0.990. The van der Waals surface area contributed by atoms with E-state index in [2.05, 4.69) is 0 Å². The third-order valence-corrected chi connectivity index (χ3v) is 2.35. The van der Waals surface area contributed by atoms with Gasteiger partial charge in [0.1, 0.15) is 5.82 Å². The van der Waals surface area contributed by atoms with E-state index in [0.29, 0.717) is 19.3 Å². The van der Waals surface area contributed by atoms with Crippen molar-refractivity contribution in [2.75, 3.05) is 0 Å². The maximum Gasteiger partial charge on any atom is 0.165 e. The smallest absolute Gasteiger partial charge is 0.165 e. The van der Waals surface area contributed by atoms with Crippen molar-refractivity contribution in [3.05, 3.63) is 34.6 Å². The lowest BCUT2D eigenvalue weighted by Gasteiger charge is -2.08. The number of hydrogen-bond acceptors (Lipinski definition) is 0. The summed E-state index contributed by atoms with van der Waals surface area (Å²) >= 11 is 0. The van der Waals surface area contributed by atoms with Crippen LogP contribution in [0.1, 0.15) is 37.8 Å². The summed E-state index contributed by atoms with van der Waals surface area (Å²) in [5.41, 5.74) is 0.00204. The van der Waals surface area contributed by atoms with Crippen LogP contribution in [-0.2, 0) is 12.8 Å². The van der Waals surface area contributed by atoms with Gasteiger partial charge in [0, 0.05) is 5.56 Å². The van der Waals surface area contributed by atoms with E-state index in [4.69, 9.17) is 0 Å². The molecule has 0 atom stereocenters. The molecule has 0 heterocycles. The van der Waals surface area contributed by atoms with Gasteiger partial charge in [-0.3, -0.25) is 0 Å². The lowest BCUT2D eigenvalue weighted by atomic mass is 10.0. The van der Waals surface area contributed by atoms with E-state index < -0.39 is 17.5 Å². The molecule has 1 aromatic carbocycles. The molecule has 15 heavy (non-hydrogen) atoms. The zero-order valence-electron chi connectivity index (χ0n) is 9.04. The molecule has 84 valence electrons. The summed E-state index contributed by atoms with van der Waals surface area (Å²) in [6.45, 7) is 3.64. The van der Waals surface area contributed by atoms with Crippen molar-refractivity contribution in [3.63, 3.8) is 0 Å². The van der Waals surface area contributed by atoms with Crippen LogP contribution in [0.5, 0.6) is 0 Å². The van der Waals surface area contributed by atoms with Crippen LogP contribution in [-0.4, -0.2) is 0 Å². The lowest BCUT2D eigenvalue weighted by molar-refractivity contribution is 0.468. The summed E-state index contributed by atoms with van der Waals surface area (Å²) in [7, 11) is 0. The number of rotatable bonds is 4. The summed E-state index contributed by atoms with van der Waals surface area (Å²) in [6.07, 6.45) is 1.87. The molecule has 0 aliphatic carbocycles. The van der Waals surface area contributed by atoms with Gasteiger partial charge in [-0.2, -0.15) is 0 Å². The Bertz CT molecular complexity index is 345. The van der Waals surface area contributed by atoms with Gasteiger partial charge >= 0.3 is 0 Å². The molecular weight excluding hydrogens is 201 g/mol. The number of benzene rings is 1. The quantitative estimate of drug-likeness (QED) is 0.667. The minimum Gasteiger partial charge on any atom is -0.207 e. The summed E-state index contributed by atoms with van der Waals surface area (Å²) in [6, 6.07) is 1.12. The van der Waals surface area contributed by atoms with Gasteiger partial charge in [0.2, 0.25) is 0 Å². The molecule has 0 fully saturated rings. The van der Waals surface area contributed by atoms with E-state index in [1.165, 1.54) is 0 Å². The van der Waals surface area contributed by atoms with Crippen molar-refractivity contribution in [1.29, 1.82) is 0 Å². The molecule has 0 aliphatic rings. The zero-order chi connectivity index (χ0) is 11.4.